The lowest BCUT2D eigenvalue weighted by Crippen LogP contribution is -2.52. The van der Waals surface area contributed by atoms with Crippen LogP contribution in [-0.2, 0) is 0 Å². The van der Waals surface area contributed by atoms with E-state index in [4.69, 9.17) is 16.3 Å². The number of ether oxygens (including phenoxy) is 1. The Labute approximate surface area is 176 Å². The van der Waals surface area contributed by atoms with Crippen LogP contribution in [0.1, 0.15) is 0 Å². The SMILES string of the molecule is C=CC(=C)N1CC(Oc2cc3c(Nc4ccc(Br)c(Cl)c4)ncnc3cn2)C1. The molecule has 1 fully saturated rings. The van der Waals surface area contributed by atoms with Gasteiger partial charge in [0, 0.05) is 27.3 Å². The van der Waals surface area contributed by atoms with Gasteiger partial charge in [0.05, 0.1) is 29.8 Å². The first-order valence-corrected chi connectivity index (χ1v) is 9.76. The molecule has 0 spiro atoms. The van der Waals surface area contributed by atoms with Gasteiger partial charge < -0.3 is 15.0 Å². The van der Waals surface area contributed by atoms with Gasteiger partial charge in [-0.25, -0.2) is 15.0 Å². The third-order valence-corrected chi connectivity index (χ3v) is 5.69. The van der Waals surface area contributed by atoms with Crippen LogP contribution in [0.2, 0.25) is 5.02 Å². The van der Waals surface area contributed by atoms with Crippen LogP contribution in [0.25, 0.3) is 10.9 Å². The Kier molecular flexibility index (Phi) is 5.19. The van der Waals surface area contributed by atoms with Gasteiger partial charge in [-0.1, -0.05) is 24.8 Å². The Morgan fingerprint density at radius 2 is 2.11 bits per heavy atom. The largest absolute Gasteiger partial charge is 0.471 e. The first-order chi connectivity index (χ1) is 13.5. The molecule has 0 atom stereocenters. The first-order valence-electron chi connectivity index (χ1n) is 8.59. The smallest absolute Gasteiger partial charge is 0.214 e. The van der Waals surface area contributed by atoms with Gasteiger partial charge in [-0.05, 0) is 40.2 Å². The predicted octanol–water partition coefficient (Wildman–Crippen LogP) is 4.95. The molecule has 0 radical (unpaired) electrons. The molecule has 2 aromatic heterocycles. The van der Waals surface area contributed by atoms with Crippen molar-refractivity contribution in [3.63, 3.8) is 0 Å². The van der Waals surface area contributed by atoms with Crippen molar-refractivity contribution in [1.29, 1.82) is 0 Å². The van der Waals surface area contributed by atoms with Gasteiger partial charge in [0.25, 0.3) is 0 Å². The lowest BCUT2D eigenvalue weighted by molar-refractivity contribution is 0.0439. The van der Waals surface area contributed by atoms with Gasteiger partial charge >= 0.3 is 0 Å². The summed E-state index contributed by atoms with van der Waals surface area (Å²) in [6.07, 6.45) is 4.99. The normalized spacial score (nSPS) is 13.9. The molecule has 0 aliphatic carbocycles. The molecule has 0 unspecified atom stereocenters. The van der Waals surface area contributed by atoms with Crippen molar-refractivity contribution in [3.8, 4) is 5.88 Å². The van der Waals surface area contributed by atoms with E-state index in [1.807, 2.05) is 24.3 Å². The molecule has 6 nitrogen and oxygen atoms in total. The number of anilines is 2. The number of nitrogens with zero attached hydrogens (tertiary/aromatic N) is 4. The van der Waals surface area contributed by atoms with E-state index < -0.39 is 0 Å². The molecular weight excluding hydrogens is 442 g/mol. The minimum Gasteiger partial charge on any atom is -0.471 e. The Hall–Kier alpha value is -2.64. The van der Waals surface area contributed by atoms with E-state index in [0.717, 1.165) is 39.8 Å². The van der Waals surface area contributed by atoms with Gasteiger partial charge in [-0.15, -0.1) is 0 Å². The summed E-state index contributed by atoms with van der Waals surface area (Å²) in [5.74, 6) is 1.19. The van der Waals surface area contributed by atoms with Gasteiger partial charge in [-0.3, -0.25) is 0 Å². The highest BCUT2D eigenvalue weighted by atomic mass is 79.9. The highest BCUT2D eigenvalue weighted by molar-refractivity contribution is 9.10. The van der Waals surface area contributed by atoms with Crippen molar-refractivity contribution in [1.82, 2.24) is 19.9 Å². The minimum atomic E-state index is 0.0629. The molecule has 1 aromatic carbocycles. The number of hydrogen-bond donors (Lipinski definition) is 1. The molecule has 4 rings (SSSR count). The lowest BCUT2D eigenvalue weighted by atomic mass is 10.1. The predicted molar refractivity (Wildman–Crippen MR) is 115 cm³/mol. The molecule has 3 aromatic rings. The molecule has 0 bridgehead atoms. The number of rotatable bonds is 6. The van der Waals surface area contributed by atoms with Gasteiger partial charge in [-0.2, -0.15) is 0 Å². The third-order valence-electron chi connectivity index (χ3n) is 4.46. The van der Waals surface area contributed by atoms with Crippen LogP contribution in [0.5, 0.6) is 5.88 Å². The maximum Gasteiger partial charge on any atom is 0.214 e. The van der Waals surface area contributed by atoms with Crippen LogP contribution in [0.15, 0.2) is 66.2 Å². The maximum atomic E-state index is 6.18. The number of aromatic nitrogens is 3. The Bertz CT molecular complexity index is 1070. The van der Waals surface area contributed by atoms with Gasteiger partial charge in [0.2, 0.25) is 5.88 Å². The lowest BCUT2D eigenvalue weighted by Gasteiger charge is -2.40. The molecule has 1 saturated heterocycles. The topological polar surface area (TPSA) is 63.2 Å². The molecule has 28 heavy (non-hydrogen) atoms. The number of fused-ring (bicyclic) bond motifs is 1. The first kappa shape index (κ1) is 18.7. The van der Waals surface area contributed by atoms with E-state index in [0.29, 0.717) is 16.7 Å². The molecule has 0 amide bonds. The zero-order valence-electron chi connectivity index (χ0n) is 14.9. The van der Waals surface area contributed by atoms with E-state index in [2.05, 4.69) is 54.3 Å². The van der Waals surface area contributed by atoms with Crippen LogP contribution in [0.3, 0.4) is 0 Å². The maximum absolute atomic E-state index is 6.18. The summed E-state index contributed by atoms with van der Waals surface area (Å²) in [4.78, 5) is 15.1. The Morgan fingerprint density at radius 3 is 2.86 bits per heavy atom. The summed E-state index contributed by atoms with van der Waals surface area (Å²) in [5.41, 5.74) is 2.45. The van der Waals surface area contributed by atoms with Crippen LogP contribution in [-0.4, -0.2) is 39.0 Å². The Morgan fingerprint density at radius 1 is 1.29 bits per heavy atom. The van der Waals surface area contributed by atoms with Crippen LogP contribution in [0, 0.1) is 0 Å². The fraction of sp³-hybridized carbons (Fsp3) is 0.150. The number of allylic oxidation sites excluding steroid dienone is 1. The fourth-order valence-electron chi connectivity index (χ4n) is 2.86. The van der Waals surface area contributed by atoms with Crippen molar-refractivity contribution in [3.05, 3.63) is 71.2 Å². The molecular formula is C20H17BrClN5O. The summed E-state index contributed by atoms with van der Waals surface area (Å²) in [6, 6.07) is 7.47. The third kappa shape index (κ3) is 3.81. The van der Waals surface area contributed by atoms with E-state index in [1.165, 1.54) is 6.33 Å². The summed E-state index contributed by atoms with van der Waals surface area (Å²) in [6.45, 7) is 9.20. The molecule has 1 aliphatic heterocycles. The minimum absolute atomic E-state index is 0.0629. The highest BCUT2D eigenvalue weighted by Gasteiger charge is 2.28. The quantitative estimate of drug-likeness (QED) is 0.528. The van der Waals surface area contributed by atoms with E-state index in [-0.39, 0.29) is 6.10 Å². The van der Waals surface area contributed by atoms with E-state index in [9.17, 15) is 0 Å². The van der Waals surface area contributed by atoms with Gasteiger partial charge in [0.1, 0.15) is 18.2 Å². The fourth-order valence-corrected chi connectivity index (χ4v) is 3.29. The second kappa shape index (κ2) is 7.77. The molecule has 142 valence electrons. The summed E-state index contributed by atoms with van der Waals surface area (Å²) >= 11 is 9.57. The monoisotopic (exact) mass is 457 g/mol. The van der Waals surface area contributed by atoms with Crippen molar-refractivity contribution in [2.75, 3.05) is 18.4 Å². The van der Waals surface area contributed by atoms with Gasteiger partial charge in [0.15, 0.2) is 0 Å². The van der Waals surface area contributed by atoms with Crippen molar-refractivity contribution in [2.45, 2.75) is 6.10 Å². The molecule has 1 N–H and O–H groups in total. The van der Waals surface area contributed by atoms with E-state index >= 15 is 0 Å². The van der Waals surface area contributed by atoms with Crippen LogP contribution >= 0.6 is 27.5 Å². The number of hydrogen-bond acceptors (Lipinski definition) is 6. The summed E-state index contributed by atoms with van der Waals surface area (Å²) < 4.78 is 6.82. The number of likely N-dealkylation sites (tertiary alicyclic amines) is 1. The average molecular weight is 459 g/mol. The van der Waals surface area contributed by atoms with Crippen LogP contribution < -0.4 is 10.1 Å². The van der Waals surface area contributed by atoms with E-state index in [1.54, 1.807) is 12.3 Å². The number of halogens is 2. The summed E-state index contributed by atoms with van der Waals surface area (Å²) in [7, 11) is 0. The molecule has 8 heteroatoms. The van der Waals surface area contributed by atoms with Crippen molar-refractivity contribution < 1.29 is 4.74 Å². The zero-order valence-corrected chi connectivity index (χ0v) is 17.2. The average Bonchev–Trinajstić information content (AvgIpc) is 2.67. The van der Waals surface area contributed by atoms with Crippen molar-refractivity contribution >= 4 is 49.9 Å². The highest BCUT2D eigenvalue weighted by Crippen LogP contribution is 2.30. The zero-order chi connectivity index (χ0) is 19.7. The Balaban J connectivity index is 1.55. The number of pyridine rings is 1. The second-order valence-corrected chi connectivity index (χ2v) is 7.62. The standard InChI is InChI=1S/C20H17BrClN5O/c1-3-12(2)27-9-14(10-27)28-19-7-15-18(8-23-19)24-11-25-20(15)26-13-4-5-16(21)17(22)6-13/h3-8,11,14H,1-2,9-10H2,(H,24,25,26). The summed E-state index contributed by atoms with van der Waals surface area (Å²) in [5, 5.41) is 4.72. The molecule has 1 aliphatic rings. The van der Waals surface area contributed by atoms with Crippen molar-refractivity contribution in [2.24, 2.45) is 0 Å². The number of benzene rings is 1. The number of nitrogens with one attached hydrogen (secondary N) is 1. The molecule has 0 saturated carbocycles. The van der Waals surface area contributed by atoms with Crippen LogP contribution in [0.4, 0.5) is 11.5 Å². The molecule has 3 heterocycles. The second-order valence-electron chi connectivity index (χ2n) is 6.36.